The van der Waals surface area contributed by atoms with Gasteiger partial charge in [0, 0.05) is 17.2 Å². The van der Waals surface area contributed by atoms with Crippen LogP contribution in [0.3, 0.4) is 0 Å². The van der Waals surface area contributed by atoms with Crippen molar-refractivity contribution in [3.8, 4) is 0 Å². The van der Waals surface area contributed by atoms with Gasteiger partial charge >= 0.3 is 5.97 Å². The molecule has 1 aromatic carbocycles. The molecule has 0 saturated heterocycles. The second-order valence-electron chi connectivity index (χ2n) is 5.70. The van der Waals surface area contributed by atoms with Crippen molar-refractivity contribution >= 4 is 17.6 Å². The number of carboxylic acid groups (broad SMARTS) is 1. The molecule has 1 aromatic rings. The number of nitrogens with zero attached hydrogens (tertiary/aromatic N) is 1. The van der Waals surface area contributed by atoms with Crippen LogP contribution >= 0.6 is 0 Å². The molecule has 1 rings (SSSR count). The number of carbonyl (C=O) groups excluding carboxylic acids is 1. The molecule has 0 aliphatic heterocycles. The van der Waals surface area contributed by atoms with Crippen molar-refractivity contribution in [2.24, 2.45) is 5.92 Å². The van der Waals surface area contributed by atoms with Gasteiger partial charge in [0.15, 0.2) is 0 Å². The van der Waals surface area contributed by atoms with Gasteiger partial charge in [-0.2, -0.15) is 0 Å². The summed E-state index contributed by atoms with van der Waals surface area (Å²) in [5, 5.41) is 22.5. The maximum Gasteiger partial charge on any atom is 0.326 e. The average molecular weight is 308 g/mol. The van der Waals surface area contributed by atoms with Crippen LogP contribution in [0.4, 0.5) is 5.69 Å². The molecule has 0 heterocycles. The van der Waals surface area contributed by atoms with Gasteiger partial charge in [0.25, 0.3) is 11.6 Å². The van der Waals surface area contributed by atoms with Gasteiger partial charge in [0.05, 0.1) is 4.92 Å². The first-order valence-corrected chi connectivity index (χ1v) is 6.92. The van der Waals surface area contributed by atoms with Crippen LogP contribution in [0.2, 0.25) is 0 Å². The zero-order chi connectivity index (χ0) is 17.0. The van der Waals surface area contributed by atoms with E-state index in [9.17, 15) is 19.7 Å². The van der Waals surface area contributed by atoms with E-state index < -0.39 is 22.8 Å². The van der Waals surface area contributed by atoms with Gasteiger partial charge in [-0.15, -0.1) is 0 Å². The molecule has 1 amide bonds. The Bertz CT molecular complexity index is 610. The lowest BCUT2D eigenvalue weighted by molar-refractivity contribution is -0.385. The summed E-state index contributed by atoms with van der Waals surface area (Å²) in [7, 11) is 0. The maximum atomic E-state index is 12.3. The summed E-state index contributed by atoms with van der Waals surface area (Å²) >= 11 is 0. The highest BCUT2D eigenvalue weighted by molar-refractivity contribution is 5.98. The number of nitro groups is 1. The van der Waals surface area contributed by atoms with Crippen LogP contribution < -0.4 is 5.32 Å². The van der Waals surface area contributed by atoms with Gasteiger partial charge in [-0.25, -0.2) is 4.79 Å². The van der Waals surface area contributed by atoms with Gasteiger partial charge in [0.2, 0.25) is 0 Å². The quantitative estimate of drug-likeness (QED) is 0.619. The third-order valence-corrected chi connectivity index (χ3v) is 3.29. The highest BCUT2D eigenvalue weighted by Gasteiger charge is 2.24. The van der Waals surface area contributed by atoms with Crippen LogP contribution in [-0.4, -0.2) is 27.9 Å². The summed E-state index contributed by atoms with van der Waals surface area (Å²) in [6, 6.07) is 1.71. The predicted octanol–water partition coefficient (Wildman–Crippen LogP) is 2.44. The molecule has 0 aliphatic rings. The van der Waals surface area contributed by atoms with E-state index >= 15 is 0 Å². The minimum absolute atomic E-state index is 0.0925. The number of benzene rings is 1. The van der Waals surface area contributed by atoms with E-state index in [1.807, 2.05) is 13.8 Å². The minimum Gasteiger partial charge on any atom is -0.480 e. The molecule has 1 atom stereocenters. The van der Waals surface area contributed by atoms with Crippen molar-refractivity contribution < 1.29 is 19.6 Å². The average Bonchev–Trinajstić information content (AvgIpc) is 2.36. The summed E-state index contributed by atoms with van der Waals surface area (Å²) in [5.74, 6) is -1.65. The Morgan fingerprint density at radius 1 is 1.27 bits per heavy atom. The van der Waals surface area contributed by atoms with E-state index in [-0.39, 0.29) is 23.6 Å². The van der Waals surface area contributed by atoms with Crippen LogP contribution in [0.1, 0.15) is 41.8 Å². The van der Waals surface area contributed by atoms with Crippen LogP contribution in [0.25, 0.3) is 0 Å². The fourth-order valence-corrected chi connectivity index (χ4v) is 2.21. The van der Waals surface area contributed by atoms with Crippen molar-refractivity contribution in [2.45, 2.75) is 40.2 Å². The smallest absolute Gasteiger partial charge is 0.326 e. The Hall–Kier alpha value is -2.44. The number of amides is 1. The Labute approximate surface area is 128 Å². The molecular weight excluding hydrogens is 288 g/mol. The van der Waals surface area contributed by atoms with Gasteiger partial charge in [-0.1, -0.05) is 13.8 Å². The largest absolute Gasteiger partial charge is 0.480 e. The van der Waals surface area contributed by atoms with Gasteiger partial charge < -0.3 is 10.4 Å². The van der Waals surface area contributed by atoms with Crippen molar-refractivity contribution in [3.05, 3.63) is 38.9 Å². The lowest BCUT2D eigenvalue weighted by Crippen LogP contribution is -2.41. The van der Waals surface area contributed by atoms with E-state index in [1.165, 1.54) is 6.07 Å². The lowest BCUT2D eigenvalue weighted by atomic mass is 10.0. The SMILES string of the molecule is Cc1cc(C)c([N+](=O)[O-])cc1C(=O)N[C@@H](CC(C)C)C(=O)O. The molecule has 7 nitrogen and oxygen atoms in total. The summed E-state index contributed by atoms with van der Waals surface area (Å²) in [6.07, 6.45) is 0.286. The van der Waals surface area contributed by atoms with Gasteiger partial charge in [0.1, 0.15) is 6.04 Å². The summed E-state index contributed by atoms with van der Waals surface area (Å²) in [4.78, 5) is 33.8. The van der Waals surface area contributed by atoms with E-state index in [2.05, 4.69) is 5.32 Å². The highest BCUT2D eigenvalue weighted by atomic mass is 16.6. The van der Waals surface area contributed by atoms with E-state index in [0.29, 0.717) is 11.1 Å². The first kappa shape index (κ1) is 17.6. The molecule has 0 aromatic heterocycles. The third-order valence-electron chi connectivity index (χ3n) is 3.29. The number of aliphatic carboxylic acids is 1. The molecular formula is C15H20N2O5. The third kappa shape index (κ3) is 4.28. The standard InChI is InChI=1S/C15H20N2O5/c1-8(2)5-12(15(19)20)16-14(18)11-7-13(17(21)22)10(4)6-9(11)3/h6-8,12H,5H2,1-4H3,(H,16,18)(H,19,20)/t12-/m0/s1. The number of hydrogen-bond acceptors (Lipinski definition) is 4. The zero-order valence-electron chi connectivity index (χ0n) is 13.0. The van der Waals surface area contributed by atoms with Crippen molar-refractivity contribution in [1.82, 2.24) is 5.32 Å². The number of aryl methyl sites for hydroxylation is 2. The van der Waals surface area contributed by atoms with E-state index in [4.69, 9.17) is 5.11 Å². The first-order chi connectivity index (χ1) is 10.1. The van der Waals surface area contributed by atoms with E-state index in [0.717, 1.165) is 0 Å². The number of hydrogen-bond donors (Lipinski definition) is 2. The molecule has 0 unspecified atom stereocenters. The highest BCUT2D eigenvalue weighted by Crippen LogP contribution is 2.23. The second-order valence-corrected chi connectivity index (χ2v) is 5.70. The summed E-state index contributed by atoms with van der Waals surface area (Å²) in [6.45, 7) is 6.95. The second kappa shape index (κ2) is 7.02. The maximum absolute atomic E-state index is 12.3. The van der Waals surface area contributed by atoms with Gasteiger partial charge in [-0.05, 0) is 37.8 Å². The molecule has 0 spiro atoms. The molecule has 0 saturated carbocycles. The zero-order valence-corrected chi connectivity index (χ0v) is 13.0. The molecule has 120 valence electrons. The fourth-order valence-electron chi connectivity index (χ4n) is 2.21. The normalized spacial score (nSPS) is 12.0. The number of carboxylic acids is 1. The Balaban J connectivity index is 3.09. The number of nitrogens with one attached hydrogen (secondary N) is 1. The topological polar surface area (TPSA) is 110 Å². The van der Waals surface area contributed by atoms with Crippen LogP contribution in [-0.2, 0) is 4.79 Å². The Kier molecular flexibility index (Phi) is 5.62. The molecule has 22 heavy (non-hydrogen) atoms. The van der Waals surface area contributed by atoms with Crippen LogP contribution in [0.15, 0.2) is 12.1 Å². The molecule has 7 heteroatoms. The van der Waals surface area contributed by atoms with Crippen molar-refractivity contribution in [3.63, 3.8) is 0 Å². The van der Waals surface area contributed by atoms with Crippen molar-refractivity contribution in [2.75, 3.05) is 0 Å². The molecule has 0 radical (unpaired) electrons. The van der Waals surface area contributed by atoms with Crippen LogP contribution in [0.5, 0.6) is 0 Å². The monoisotopic (exact) mass is 308 g/mol. The summed E-state index contributed by atoms with van der Waals surface area (Å²) in [5.41, 5.74) is 0.976. The molecule has 2 N–H and O–H groups in total. The number of nitro benzene ring substituents is 1. The lowest BCUT2D eigenvalue weighted by Gasteiger charge is -2.17. The predicted molar refractivity (Wildman–Crippen MR) is 80.9 cm³/mol. The minimum atomic E-state index is -1.12. The molecule has 0 aliphatic carbocycles. The summed E-state index contributed by atoms with van der Waals surface area (Å²) < 4.78 is 0. The van der Waals surface area contributed by atoms with E-state index in [1.54, 1.807) is 19.9 Å². The van der Waals surface area contributed by atoms with Gasteiger partial charge in [-0.3, -0.25) is 14.9 Å². The Morgan fingerprint density at radius 3 is 2.32 bits per heavy atom. The number of rotatable bonds is 6. The Morgan fingerprint density at radius 2 is 1.86 bits per heavy atom. The molecule has 0 fully saturated rings. The number of carbonyl (C=O) groups is 2. The first-order valence-electron chi connectivity index (χ1n) is 6.92. The van der Waals surface area contributed by atoms with Crippen molar-refractivity contribution in [1.29, 1.82) is 0 Å². The van der Waals surface area contributed by atoms with Crippen LogP contribution in [0, 0.1) is 29.9 Å². The fraction of sp³-hybridized carbons (Fsp3) is 0.467. The molecule has 0 bridgehead atoms.